The van der Waals surface area contributed by atoms with Gasteiger partial charge in [-0.25, -0.2) is 4.79 Å². The number of carbonyl (C=O) groups excluding carboxylic acids is 1. The van der Waals surface area contributed by atoms with Crippen LogP contribution in [0.3, 0.4) is 0 Å². The second kappa shape index (κ2) is 8.30. The lowest BCUT2D eigenvalue weighted by molar-refractivity contribution is -0.877. The molecule has 0 saturated heterocycles. The molecule has 0 heterocycles. The van der Waals surface area contributed by atoms with Gasteiger partial charge in [0, 0.05) is 0 Å². The summed E-state index contributed by atoms with van der Waals surface area (Å²) >= 11 is 0. The fourth-order valence-corrected chi connectivity index (χ4v) is 2.24. The minimum absolute atomic E-state index is 0.174. The molecule has 0 aliphatic rings. The summed E-state index contributed by atoms with van der Waals surface area (Å²) in [7, 11) is 4.05. The lowest BCUT2D eigenvalue weighted by atomic mass is 10.2. The van der Waals surface area contributed by atoms with Crippen LogP contribution in [0.4, 0.5) is 0 Å². The number of quaternary nitrogens is 1. The van der Waals surface area contributed by atoms with Crippen molar-refractivity contribution in [1.82, 2.24) is 0 Å². The van der Waals surface area contributed by atoms with Crippen LogP contribution in [0, 0.1) is 0 Å². The second-order valence-electron chi connectivity index (χ2n) is 6.24. The zero-order valence-electron chi connectivity index (χ0n) is 13.8. The van der Waals surface area contributed by atoms with Crippen LogP contribution < -0.4 is 0 Å². The Bertz CT molecular complexity index is 633. The SMILES string of the molecule is C[N+](C)(CC=Cc1ccccc1)CC(=O)OCc1ccccc1. The Balaban J connectivity index is 1.78. The zero-order chi connectivity index (χ0) is 16.5. The van der Waals surface area contributed by atoms with Crippen LogP contribution in [0.2, 0.25) is 0 Å². The molecule has 2 aromatic carbocycles. The number of hydrogen-bond donors (Lipinski definition) is 0. The van der Waals surface area contributed by atoms with Crippen molar-refractivity contribution < 1.29 is 14.0 Å². The predicted octanol–water partition coefficient (Wildman–Crippen LogP) is 3.52. The summed E-state index contributed by atoms with van der Waals surface area (Å²) in [5, 5.41) is 0. The molecule has 2 rings (SSSR count). The number of rotatable bonds is 7. The Morgan fingerprint density at radius 1 is 1.00 bits per heavy atom. The molecular formula is C20H24NO2+. The van der Waals surface area contributed by atoms with Gasteiger partial charge in [0.05, 0.1) is 20.6 Å². The van der Waals surface area contributed by atoms with Crippen molar-refractivity contribution in [1.29, 1.82) is 0 Å². The highest BCUT2D eigenvalue weighted by Crippen LogP contribution is 2.05. The van der Waals surface area contributed by atoms with E-state index in [-0.39, 0.29) is 5.97 Å². The minimum Gasteiger partial charge on any atom is -0.457 e. The molecular weight excluding hydrogens is 286 g/mol. The van der Waals surface area contributed by atoms with E-state index in [2.05, 4.69) is 24.3 Å². The highest BCUT2D eigenvalue weighted by atomic mass is 16.5. The Hall–Kier alpha value is -2.39. The quantitative estimate of drug-likeness (QED) is 0.578. The fraction of sp³-hybridized carbons (Fsp3) is 0.250. The Morgan fingerprint density at radius 2 is 1.61 bits per heavy atom. The number of carbonyl (C=O) groups is 1. The number of likely N-dealkylation sites (N-methyl/N-ethyl adjacent to an activating group) is 1. The van der Waals surface area contributed by atoms with E-state index >= 15 is 0 Å². The van der Waals surface area contributed by atoms with Crippen LogP contribution in [-0.4, -0.2) is 37.6 Å². The van der Waals surface area contributed by atoms with Gasteiger partial charge in [0.2, 0.25) is 0 Å². The van der Waals surface area contributed by atoms with Crippen LogP contribution in [0.1, 0.15) is 11.1 Å². The summed E-state index contributed by atoms with van der Waals surface area (Å²) in [5.74, 6) is -0.174. The van der Waals surface area contributed by atoms with Crippen molar-refractivity contribution in [3.8, 4) is 0 Å². The third-order valence-electron chi connectivity index (χ3n) is 3.51. The highest BCUT2D eigenvalue weighted by molar-refractivity contribution is 5.70. The predicted molar refractivity (Wildman–Crippen MR) is 93.6 cm³/mol. The average molecular weight is 310 g/mol. The molecule has 3 nitrogen and oxygen atoms in total. The summed E-state index contributed by atoms with van der Waals surface area (Å²) < 4.78 is 5.92. The van der Waals surface area contributed by atoms with Crippen molar-refractivity contribution in [2.75, 3.05) is 27.2 Å². The number of ether oxygens (including phenoxy) is 1. The molecule has 120 valence electrons. The molecule has 2 aromatic rings. The number of hydrogen-bond acceptors (Lipinski definition) is 2. The van der Waals surface area contributed by atoms with Gasteiger partial charge in [-0.15, -0.1) is 0 Å². The average Bonchev–Trinajstić information content (AvgIpc) is 2.54. The Labute approximate surface area is 138 Å². The molecule has 23 heavy (non-hydrogen) atoms. The highest BCUT2D eigenvalue weighted by Gasteiger charge is 2.19. The number of esters is 1. The van der Waals surface area contributed by atoms with Gasteiger partial charge in [0.15, 0.2) is 6.54 Å². The molecule has 0 aliphatic carbocycles. The molecule has 0 bridgehead atoms. The van der Waals surface area contributed by atoms with E-state index in [0.29, 0.717) is 17.6 Å². The van der Waals surface area contributed by atoms with E-state index in [1.54, 1.807) is 0 Å². The van der Waals surface area contributed by atoms with Gasteiger partial charge in [0.25, 0.3) is 0 Å². The van der Waals surface area contributed by atoms with E-state index in [1.165, 1.54) is 5.56 Å². The first kappa shape index (κ1) is 17.0. The maximum atomic E-state index is 12.0. The van der Waals surface area contributed by atoms with Crippen molar-refractivity contribution in [3.05, 3.63) is 77.9 Å². The molecule has 0 atom stereocenters. The van der Waals surface area contributed by atoms with Gasteiger partial charge in [-0.1, -0.05) is 66.7 Å². The van der Waals surface area contributed by atoms with Crippen LogP contribution in [0.15, 0.2) is 66.7 Å². The van der Waals surface area contributed by atoms with E-state index < -0.39 is 0 Å². The van der Waals surface area contributed by atoms with Crippen molar-refractivity contribution >= 4 is 12.0 Å². The van der Waals surface area contributed by atoms with Crippen LogP contribution in [0.25, 0.3) is 6.08 Å². The molecule has 0 N–H and O–H groups in total. The third kappa shape index (κ3) is 6.49. The van der Waals surface area contributed by atoms with E-state index in [0.717, 1.165) is 12.1 Å². The van der Waals surface area contributed by atoms with Crippen molar-refractivity contribution in [3.63, 3.8) is 0 Å². The summed E-state index contributed by atoms with van der Waals surface area (Å²) in [5.41, 5.74) is 2.18. The van der Waals surface area contributed by atoms with Gasteiger partial charge in [0.1, 0.15) is 6.61 Å². The summed E-state index contributed by atoms with van der Waals surface area (Å²) in [6.45, 7) is 1.46. The Morgan fingerprint density at radius 3 is 2.26 bits per heavy atom. The molecule has 0 aromatic heterocycles. The van der Waals surface area contributed by atoms with E-state index in [4.69, 9.17) is 4.74 Å². The van der Waals surface area contributed by atoms with Gasteiger partial charge in [-0.2, -0.15) is 0 Å². The normalized spacial score (nSPS) is 11.6. The summed E-state index contributed by atoms with van der Waals surface area (Å²) in [6.07, 6.45) is 4.18. The van der Waals surface area contributed by atoms with Gasteiger partial charge in [-0.05, 0) is 17.2 Å². The minimum atomic E-state index is -0.174. The van der Waals surface area contributed by atoms with E-state index in [1.807, 2.05) is 62.6 Å². The first-order chi connectivity index (χ1) is 11.1. The molecule has 0 saturated carbocycles. The zero-order valence-corrected chi connectivity index (χ0v) is 13.8. The molecule has 0 fully saturated rings. The first-order valence-electron chi connectivity index (χ1n) is 7.78. The van der Waals surface area contributed by atoms with Crippen LogP contribution in [-0.2, 0) is 16.1 Å². The molecule has 0 amide bonds. The van der Waals surface area contributed by atoms with Gasteiger partial charge in [-0.3, -0.25) is 0 Å². The number of nitrogens with zero attached hydrogens (tertiary/aromatic N) is 1. The van der Waals surface area contributed by atoms with E-state index in [9.17, 15) is 4.79 Å². The largest absolute Gasteiger partial charge is 0.457 e. The van der Waals surface area contributed by atoms with Crippen LogP contribution in [0.5, 0.6) is 0 Å². The molecule has 0 unspecified atom stereocenters. The molecule has 0 aliphatic heterocycles. The lowest BCUT2D eigenvalue weighted by Gasteiger charge is -2.27. The second-order valence-corrected chi connectivity index (χ2v) is 6.24. The topological polar surface area (TPSA) is 26.3 Å². The van der Waals surface area contributed by atoms with Crippen molar-refractivity contribution in [2.24, 2.45) is 0 Å². The lowest BCUT2D eigenvalue weighted by Crippen LogP contribution is -2.44. The summed E-state index contributed by atoms with van der Waals surface area (Å²) in [4.78, 5) is 12.0. The molecule has 0 radical (unpaired) electrons. The van der Waals surface area contributed by atoms with Crippen LogP contribution >= 0.6 is 0 Å². The molecule has 0 spiro atoms. The monoisotopic (exact) mass is 310 g/mol. The maximum absolute atomic E-state index is 12.0. The molecule has 3 heteroatoms. The standard InChI is InChI=1S/C20H24NO2/c1-21(2,15-9-14-18-10-5-3-6-11-18)16-20(22)23-17-19-12-7-4-8-13-19/h3-14H,15-17H2,1-2H3/q+1. The first-order valence-corrected chi connectivity index (χ1v) is 7.78. The fourth-order valence-electron chi connectivity index (χ4n) is 2.24. The maximum Gasteiger partial charge on any atom is 0.362 e. The third-order valence-corrected chi connectivity index (χ3v) is 3.51. The number of benzene rings is 2. The summed E-state index contributed by atoms with van der Waals surface area (Å²) in [6, 6.07) is 19.9. The van der Waals surface area contributed by atoms with Crippen molar-refractivity contribution in [2.45, 2.75) is 6.61 Å². The smallest absolute Gasteiger partial charge is 0.362 e. The Kier molecular flexibility index (Phi) is 6.12. The van der Waals surface area contributed by atoms with Gasteiger partial charge < -0.3 is 9.22 Å². The van der Waals surface area contributed by atoms with Gasteiger partial charge >= 0.3 is 5.97 Å².